The number of amides is 1. The fourth-order valence-corrected chi connectivity index (χ4v) is 2.17. The maximum Gasteiger partial charge on any atom is 0.225 e. The van der Waals surface area contributed by atoms with E-state index in [4.69, 9.17) is 5.73 Å². The zero-order valence-corrected chi connectivity index (χ0v) is 11.4. The van der Waals surface area contributed by atoms with E-state index in [0.29, 0.717) is 12.1 Å². The number of anilines is 2. The minimum absolute atomic E-state index is 0.0459. The van der Waals surface area contributed by atoms with Crippen LogP contribution in [-0.2, 0) is 4.79 Å². The molecule has 0 radical (unpaired) electrons. The summed E-state index contributed by atoms with van der Waals surface area (Å²) in [6.07, 6.45) is 0.526. The Labute approximate surface area is 114 Å². The third-order valence-electron chi connectivity index (χ3n) is 3.42. The third kappa shape index (κ3) is 4.54. The predicted octanol–water partition coefficient (Wildman–Crippen LogP) is 0.845. The lowest BCUT2D eigenvalue weighted by atomic mass is 10.2. The van der Waals surface area contributed by atoms with Crippen LogP contribution in [0.2, 0.25) is 0 Å². The van der Waals surface area contributed by atoms with Crippen molar-refractivity contribution in [3.05, 3.63) is 24.3 Å². The van der Waals surface area contributed by atoms with Crippen molar-refractivity contribution in [3.63, 3.8) is 0 Å². The molecule has 0 spiro atoms. The van der Waals surface area contributed by atoms with Crippen molar-refractivity contribution in [2.75, 3.05) is 50.8 Å². The first-order valence-electron chi connectivity index (χ1n) is 6.70. The molecule has 0 atom stereocenters. The number of piperazine rings is 1. The Morgan fingerprint density at radius 3 is 2.74 bits per heavy atom. The van der Waals surface area contributed by atoms with E-state index in [0.717, 1.165) is 38.4 Å². The molecule has 3 N–H and O–H groups in total. The van der Waals surface area contributed by atoms with Gasteiger partial charge < -0.3 is 20.9 Å². The Morgan fingerprint density at radius 2 is 2.05 bits per heavy atom. The Hall–Kier alpha value is -1.59. The van der Waals surface area contributed by atoms with E-state index >= 15 is 0 Å². The molecular formula is C14H22N4O. The van der Waals surface area contributed by atoms with E-state index in [1.807, 2.05) is 12.1 Å². The summed E-state index contributed by atoms with van der Waals surface area (Å²) in [5.74, 6) is 0.0459. The van der Waals surface area contributed by atoms with E-state index in [1.54, 1.807) is 12.1 Å². The summed E-state index contributed by atoms with van der Waals surface area (Å²) in [6.45, 7) is 5.07. The normalized spacial score (nSPS) is 17.3. The fourth-order valence-electron chi connectivity index (χ4n) is 2.17. The van der Waals surface area contributed by atoms with Crippen LogP contribution in [0.4, 0.5) is 11.4 Å². The number of carbonyl (C=O) groups is 1. The molecule has 0 bridgehead atoms. The van der Waals surface area contributed by atoms with Crippen LogP contribution in [0.3, 0.4) is 0 Å². The van der Waals surface area contributed by atoms with Gasteiger partial charge in [0.25, 0.3) is 0 Å². The number of nitrogens with two attached hydrogens (primary N) is 1. The van der Waals surface area contributed by atoms with Crippen LogP contribution in [-0.4, -0.2) is 55.5 Å². The minimum Gasteiger partial charge on any atom is -0.399 e. The molecule has 1 fully saturated rings. The van der Waals surface area contributed by atoms with Crippen molar-refractivity contribution < 1.29 is 4.79 Å². The molecular weight excluding hydrogens is 240 g/mol. The van der Waals surface area contributed by atoms with Gasteiger partial charge in [0.1, 0.15) is 0 Å². The maximum atomic E-state index is 11.8. The van der Waals surface area contributed by atoms with Gasteiger partial charge in [0.2, 0.25) is 5.91 Å². The highest BCUT2D eigenvalue weighted by Gasteiger charge is 2.14. The van der Waals surface area contributed by atoms with Gasteiger partial charge in [0.15, 0.2) is 0 Å². The monoisotopic (exact) mass is 262 g/mol. The number of nitrogens with one attached hydrogen (secondary N) is 1. The summed E-state index contributed by atoms with van der Waals surface area (Å²) < 4.78 is 0. The fraction of sp³-hybridized carbons (Fsp3) is 0.500. The van der Waals surface area contributed by atoms with Gasteiger partial charge in [-0.3, -0.25) is 4.79 Å². The lowest BCUT2D eigenvalue weighted by molar-refractivity contribution is -0.116. The Balaban J connectivity index is 1.73. The summed E-state index contributed by atoms with van der Waals surface area (Å²) in [5, 5.41) is 2.88. The van der Waals surface area contributed by atoms with Crippen molar-refractivity contribution >= 4 is 17.3 Å². The molecule has 5 nitrogen and oxygen atoms in total. The SMILES string of the molecule is CN1CCN(CCC(=O)Nc2cccc(N)c2)CC1. The second-order valence-electron chi connectivity index (χ2n) is 5.07. The summed E-state index contributed by atoms with van der Waals surface area (Å²) in [7, 11) is 2.13. The zero-order valence-electron chi connectivity index (χ0n) is 11.4. The van der Waals surface area contributed by atoms with Crippen LogP contribution < -0.4 is 11.1 Å². The summed E-state index contributed by atoms with van der Waals surface area (Å²) >= 11 is 0. The quantitative estimate of drug-likeness (QED) is 0.790. The van der Waals surface area contributed by atoms with Gasteiger partial charge in [-0.05, 0) is 25.2 Å². The van der Waals surface area contributed by atoms with Crippen molar-refractivity contribution in [1.82, 2.24) is 9.80 Å². The number of benzene rings is 1. The van der Waals surface area contributed by atoms with E-state index < -0.39 is 0 Å². The van der Waals surface area contributed by atoms with Gasteiger partial charge in [-0.1, -0.05) is 6.07 Å². The first kappa shape index (κ1) is 13.8. The second-order valence-corrected chi connectivity index (χ2v) is 5.07. The average molecular weight is 262 g/mol. The first-order valence-corrected chi connectivity index (χ1v) is 6.70. The van der Waals surface area contributed by atoms with Gasteiger partial charge in [-0.25, -0.2) is 0 Å². The number of nitrogens with zero attached hydrogens (tertiary/aromatic N) is 2. The number of nitrogen functional groups attached to an aromatic ring is 1. The largest absolute Gasteiger partial charge is 0.399 e. The molecule has 2 rings (SSSR count). The molecule has 1 heterocycles. The van der Waals surface area contributed by atoms with Crippen LogP contribution >= 0.6 is 0 Å². The molecule has 1 aliphatic rings. The number of hydrogen-bond donors (Lipinski definition) is 2. The zero-order chi connectivity index (χ0) is 13.7. The number of carbonyl (C=O) groups excluding carboxylic acids is 1. The molecule has 19 heavy (non-hydrogen) atoms. The Morgan fingerprint density at radius 1 is 1.32 bits per heavy atom. The van der Waals surface area contributed by atoms with Gasteiger partial charge in [0.05, 0.1) is 0 Å². The van der Waals surface area contributed by atoms with Gasteiger partial charge in [-0.15, -0.1) is 0 Å². The van der Waals surface area contributed by atoms with Crippen LogP contribution in [0.5, 0.6) is 0 Å². The Bertz CT molecular complexity index is 427. The van der Waals surface area contributed by atoms with Crippen molar-refractivity contribution in [3.8, 4) is 0 Å². The number of likely N-dealkylation sites (N-methyl/N-ethyl adjacent to an activating group) is 1. The van der Waals surface area contributed by atoms with E-state index in [-0.39, 0.29) is 5.91 Å². The summed E-state index contributed by atoms with van der Waals surface area (Å²) in [6, 6.07) is 7.27. The predicted molar refractivity (Wildman–Crippen MR) is 78.0 cm³/mol. The first-order chi connectivity index (χ1) is 9.13. The lowest BCUT2D eigenvalue weighted by Gasteiger charge is -2.32. The lowest BCUT2D eigenvalue weighted by Crippen LogP contribution is -2.45. The van der Waals surface area contributed by atoms with Crippen LogP contribution in [0, 0.1) is 0 Å². The third-order valence-corrected chi connectivity index (χ3v) is 3.42. The summed E-state index contributed by atoms with van der Waals surface area (Å²) in [4.78, 5) is 16.5. The van der Waals surface area contributed by atoms with Crippen LogP contribution in [0.1, 0.15) is 6.42 Å². The van der Waals surface area contributed by atoms with E-state index in [2.05, 4.69) is 22.2 Å². The molecule has 0 aromatic heterocycles. The van der Waals surface area contributed by atoms with Crippen molar-refractivity contribution in [2.24, 2.45) is 0 Å². The minimum atomic E-state index is 0.0459. The molecule has 0 saturated carbocycles. The molecule has 0 aliphatic carbocycles. The van der Waals surface area contributed by atoms with Gasteiger partial charge >= 0.3 is 0 Å². The van der Waals surface area contributed by atoms with E-state index in [9.17, 15) is 4.79 Å². The molecule has 0 unspecified atom stereocenters. The highest BCUT2D eigenvalue weighted by molar-refractivity contribution is 5.91. The topological polar surface area (TPSA) is 61.6 Å². The molecule has 1 aromatic carbocycles. The van der Waals surface area contributed by atoms with Crippen LogP contribution in [0.15, 0.2) is 24.3 Å². The molecule has 1 saturated heterocycles. The molecule has 1 amide bonds. The summed E-state index contributed by atoms with van der Waals surface area (Å²) in [5.41, 5.74) is 7.10. The molecule has 104 valence electrons. The van der Waals surface area contributed by atoms with Crippen LogP contribution in [0.25, 0.3) is 0 Å². The smallest absolute Gasteiger partial charge is 0.225 e. The molecule has 1 aromatic rings. The van der Waals surface area contributed by atoms with E-state index in [1.165, 1.54) is 0 Å². The average Bonchev–Trinajstić information content (AvgIpc) is 2.38. The van der Waals surface area contributed by atoms with Gasteiger partial charge in [-0.2, -0.15) is 0 Å². The number of hydrogen-bond acceptors (Lipinski definition) is 4. The number of rotatable bonds is 4. The highest BCUT2D eigenvalue weighted by Crippen LogP contribution is 2.12. The molecule has 1 aliphatic heterocycles. The Kier molecular flexibility index (Phi) is 4.76. The highest BCUT2D eigenvalue weighted by atomic mass is 16.1. The molecule has 5 heteroatoms. The maximum absolute atomic E-state index is 11.8. The van der Waals surface area contributed by atoms with Crippen molar-refractivity contribution in [1.29, 1.82) is 0 Å². The van der Waals surface area contributed by atoms with Crippen molar-refractivity contribution in [2.45, 2.75) is 6.42 Å². The standard InChI is InChI=1S/C14H22N4O/c1-17-7-9-18(10-8-17)6-5-14(19)16-13-4-2-3-12(15)11-13/h2-4,11H,5-10,15H2,1H3,(H,16,19). The second kappa shape index (κ2) is 6.54. The van der Waals surface area contributed by atoms with Gasteiger partial charge in [0, 0.05) is 50.5 Å².